The maximum absolute atomic E-state index is 14.2. The van der Waals surface area contributed by atoms with Gasteiger partial charge in [0.2, 0.25) is 0 Å². The van der Waals surface area contributed by atoms with Crippen molar-refractivity contribution in [1.29, 1.82) is 0 Å². The Bertz CT molecular complexity index is 1370. The minimum absolute atomic E-state index is 0.214. The Morgan fingerprint density at radius 3 is 2.55 bits per heavy atom. The van der Waals surface area contributed by atoms with E-state index in [1.54, 1.807) is 0 Å². The second kappa shape index (κ2) is 14.1. The largest absolute Gasteiger partial charge is 0.414 e. The smallest absolute Gasteiger partial charge is 0.399 e. The molecule has 2 fully saturated rings. The Balaban J connectivity index is 1.26. The summed E-state index contributed by atoms with van der Waals surface area (Å²) < 4.78 is 12.2. The SMILES string of the molecule is Cc1cccc2cc(OC(=O)NC3(C(=O)N(CCc4ccccc4)C(=O)NCCCN4CCOCC4)CCCC3)sc12. The molecule has 5 rings (SSSR count). The van der Waals surface area contributed by atoms with Crippen LogP contribution in [0.5, 0.6) is 5.06 Å². The van der Waals surface area contributed by atoms with Gasteiger partial charge in [-0.3, -0.25) is 14.6 Å². The highest BCUT2D eigenvalue weighted by Crippen LogP contribution is 2.35. The Hall–Kier alpha value is -3.47. The lowest BCUT2D eigenvalue weighted by Gasteiger charge is -2.34. The summed E-state index contributed by atoms with van der Waals surface area (Å²) in [5.41, 5.74) is 0.953. The van der Waals surface area contributed by atoms with Gasteiger partial charge in [0, 0.05) is 36.9 Å². The first-order valence-corrected chi connectivity index (χ1v) is 15.7. The minimum atomic E-state index is -1.19. The van der Waals surface area contributed by atoms with Crippen molar-refractivity contribution in [2.45, 2.75) is 51.0 Å². The van der Waals surface area contributed by atoms with Crippen LogP contribution < -0.4 is 15.4 Å². The second-order valence-electron chi connectivity index (χ2n) is 11.1. The van der Waals surface area contributed by atoms with Crippen LogP contribution in [-0.2, 0) is 16.0 Å². The number of urea groups is 1. The van der Waals surface area contributed by atoms with Crippen LogP contribution in [0.1, 0.15) is 43.2 Å². The van der Waals surface area contributed by atoms with Crippen molar-refractivity contribution in [3.05, 3.63) is 65.7 Å². The van der Waals surface area contributed by atoms with E-state index in [1.807, 2.05) is 61.5 Å². The normalized spacial score (nSPS) is 16.7. The number of rotatable bonds is 10. The lowest BCUT2D eigenvalue weighted by atomic mass is 9.95. The molecule has 2 N–H and O–H groups in total. The van der Waals surface area contributed by atoms with Crippen molar-refractivity contribution in [2.24, 2.45) is 0 Å². The number of nitrogens with zero attached hydrogens (tertiary/aromatic N) is 2. The van der Waals surface area contributed by atoms with Crippen molar-refractivity contribution in [3.8, 4) is 5.06 Å². The molecule has 1 saturated carbocycles. The van der Waals surface area contributed by atoms with Crippen LogP contribution >= 0.6 is 11.3 Å². The Morgan fingerprint density at radius 1 is 1.05 bits per heavy atom. The van der Waals surface area contributed by atoms with Crippen LogP contribution in [0.15, 0.2) is 54.6 Å². The molecule has 9 nitrogen and oxygen atoms in total. The van der Waals surface area contributed by atoms with Crippen molar-refractivity contribution >= 4 is 39.5 Å². The maximum atomic E-state index is 14.2. The molecule has 0 atom stereocenters. The number of aryl methyl sites for hydroxylation is 1. The van der Waals surface area contributed by atoms with E-state index >= 15 is 0 Å². The number of ether oxygens (including phenoxy) is 2. The first kappa shape index (κ1) is 30.0. The second-order valence-corrected chi connectivity index (χ2v) is 12.1. The quantitative estimate of drug-likeness (QED) is 0.317. The zero-order valence-electron chi connectivity index (χ0n) is 24.2. The van der Waals surface area contributed by atoms with Gasteiger partial charge < -0.3 is 20.1 Å². The van der Waals surface area contributed by atoms with Gasteiger partial charge in [-0.15, -0.1) is 0 Å². The molecule has 1 aromatic heterocycles. The number of carbonyl (C=O) groups excluding carboxylic acids is 3. The van der Waals surface area contributed by atoms with E-state index in [1.165, 1.54) is 16.2 Å². The first-order valence-electron chi connectivity index (χ1n) is 14.9. The number of benzene rings is 2. The predicted octanol–water partition coefficient (Wildman–Crippen LogP) is 5.11. The van der Waals surface area contributed by atoms with E-state index in [9.17, 15) is 14.4 Å². The van der Waals surface area contributed by atoms with E-state index in [4.69, 9.17) is 9.47 Å². The summed E-state index contributed by atoms with van der Waals surface area (Å²) in [5.74, 6) is -0.384. The number of thiophene rings is 1. The van der Waals surface area contributed by atoms with Crippen LogP contribution in [0, 0.1) is 6.92 Å². The third kappa shape index (κ3) is 7.48. The molecular weight excluding hydrogens is 552 g/mol. The molecule has 2 heterocycles. The highest BCUT2D eigenvalue weighted by molar-refractivity contribution is 7.21. The Labute approximate surface area is 251 Å². The predicted molar refractivity (Wildman–Crippen MR) is 164 cm³/mol. The van der Waals surface area contributed by atoms with E-state index in [0.717, 1.165) is 73.3 Å². The minimum Gasteiger partial charge on any atom is -0.399 e. The average Bonchev–Trinajstić information content (AvgIpc) is 3.64. The first-order chi connectivity index (χ1) is 20.4. The van der Waals surface area contributed by atoms with Gasteiger partial charge in [-0.05, 0) is 55.7 Å². The lowest BCUT2D eigenvalue weighted by Crippen LogP contribution is -2.61. The van der Waals surface area contributed by atoms with Crippen molar-refractivity contribution in [1.82, 2.24) is 20.4 Å². The number of nitrogens with one attached hydrogen (secondary N) is 2. The summed E-state index contributed by atoms with van der Waals surface area (Å²) in [5, 5.41) is 7.33. The number of fused-ring (bicyclic) bond motifs is 1. The molecule has 10 heteroatoms. The molecule has 0 radical (unpaired) electrons. The van der Waals surface area contributed by atoms with Gasteiger partial charge >= 0.3 is 12.1 Å². The molecular formula is C32H40N4O5S. The zero-order valence-corrected chi connectivity index (χ0v) is 25.0. The molecule has 1 aliphatic carbocycles. The number of hydrogen-bond acceptors (Lipinski definition) is 7. The fourth-order valence-corrected chi connectivity index (χ4v) is 6.75. The van der Waals surface area contributed by atoms with Crippen LogP contribution in [0.25, 0.3) is 10.1 Å². The molecule has 42 heavy (non-hydrogen) atoms. The van der Waals surface area contributed by atoms with Gasteiger partial charge in [-0.1, -0.05) is 72.7 Å². The third-order valence-electron chi connectivity index (χ3n) is 8.11. The average molecular weight is 593 g/mol. The van der Waals surface area contributed by atoms with Crippen molar-refractivity contribution < 1.29 is 23.9 Å². The maximum Gasteiger partial charge on any atom is 0.414 e. The van der Waals surface area contributed by atoms with Gasteiger partial charge in [-0.25, -0.2) is 9.59 Å². The third-order valence-corrected chi connectivity index (χ3v) is 9.27. The summed E-state index contributed by atoms with van der Waals surface area (Å²) in [4.78, 5) is 44.4. The molecule has 1 aliphatic heterocycles. The Kier molecular flexibility index (Phi) is 10.1. The fraction of sp³-hybridized carbons (Fsp3) is 0.469. The Morgan fingerprint density at radius 2 is 1.81 bits per heavy atom. The lowest BCUT2D eigenvalue weighted by molar-refractivity contribution is -0.134. The number of carbonyl (C=O) groups is 3. The number of imide groups is 1. The monoisotopic (exact) mass is 592 g/mol. The number of amides is 4. The van der Waals surface area contributed by atoms with E-state index in [2.05, 4.69) is 15.5 Å². The number of hydrogen-bond donors (Lipinski definition) is 2. The zero-order chi connectivity index (χ0) is 29.4. The highest BCUT2D eigenvalue weighted by atomic mass is 32.1. The van der Waals surface area contributed by atoms with Crippen LogP contribution in [-0.4, -0.2) is 79.3 Å². The van der Waals surface area contributed by atoms with Gasteiger partial charge in [-0.2, -0.15) is 0 Å². The fourth-order valence-electron chi connectivity index (χ4n) is 5.78. The molecule has 3 aromatic rings. The summed E-state index contributed by atoms with van der Waals surface area (Å²) in [7, 11) is 0. The molecule has 2 aliphatic rings. The van der Waals surface area contributed by atoms with Crippen molar-refractivity contribution in [2.75, 3.05) is 45.9 Å². The van der Waals surface area contributed by atoms with Gasteiger partial charge in [0.05, 0.1) is 13.2 Å². The standard InChI is InChI=1S/C32H40N4O5S/c1-24-9-7-12-26-23-27(42-28(24)26)41-31(39)34-32(14-5-6-15-32)29(37)36(18-13-25-10-3-2-4-11-25)30(38)33-16-8-17-35-19-21-40-22-20-35/h2-4,7,9-12,23H,5-6,8,13-22H2,1H3,(H,33,38)(H,34,39). The summed E-state index contributed by atoms with van der Waals surface area (Å²) in [6, 6.07) is 17.2. The topological polar surface area (TPSA) is 100 Å². The van der Waals surface area contributed by atoms with Gasteiger partial charge in [0.25, 0.3) is 5.91 Å². The van der Waals surface area contributed by atoms with Crippen LogP contribution in [0.3, 0.4) is 0 Å². The van der Waals surface area contributed by atoms with Crippen LogP contribution in [0.2, 0.25) is 0 Å². The number of morpholine rings is 1. The van der Waals surface area contributed by atoms with Gasteiger partial charge in [0.1, 0.15) is 5.54 Å². The molecule has 0 spiro atoms. The summed E-state index contributed by atoms with van der Waals surface area (Å²) in [6.07, 6.45) is 3.09. The molecule has 0 bridgehead atoms. The molecule has 224 valence electrons. The molecule has 2 aromatic carbocycles. The van der Waals surface area contributed by atoms with Crippen LogP contribution in [0.4, 0.5) is 9.59 Å². The molecule has 0 unspecified atom stereocenters. The van der Waals surface area contributed by atoms with E-state index in [0.29, 0.717) is 30.9 Å². The van der Waals surface area contributed by atoms with Gasteiger partial charge in [0.15, 0.2) is 5.06 Å². The van der Waals surface area contributed by atoms with Crippen molar-refractivity contribution in [3.63, 3.8) is 0 Å². The summed E-state index contributed by atoms with van der Waals surface area (Å²) in [6.45, 7) is 6.79. The molecule has 1 saturated heterocycles. The van der Waals surface area contributed by atoms with E-state index in [-0.39, 0.29) is 12.5 Å². The van der Waals surface area contributed by atoms with E-state index < -0.39 is 17.7 Å². The highest BCUT2D eigenvalue weighted by Gasteiger charge is 2.46. The summed E-state index contributed by atoms with van der Waals surface area (Å²) >= 11 is 1.40. The molecule has 4 amide bonds.